The van der Waals surface area contributed by atoms with Gasteiger partial charge in [0.05, 0.1) is 23.4 Å². The lowest BCUT2D eigenvalue weighted by Gasteiger charge is -2.22. The zero-order valence-electron chi connectivity index (χ0n) is 20.3. The number of carbonyl (C=O) groups is 2. The maximum absolute atomic E-state index is 14.2. The van der Waals surface area contributed by atoms with Gasteiger partial charge >= 0.3 is 11.7 Å². The predicted octanol–water partition coefficient (Wildman–Crippen LogP) is 4.01. The van der Waals surface area contributed by atoms with Crippen LogP contribution in [0.3, 0.4) is 0 Å². The summed E-state index contributed by atoms with van der Waals surface area (Å²) in [6, 6.07) is 4.62. The molecule has 0 fully saturated rings. The molecule has 2 atom stereocenters. The molecule has 36 heavy (non-hydrogen) atoms. The number of benzene rings is 1. The van der Waals surface area contributed by atoms with Crippen LogP contribution in [0.15, 0.2) is 27.8 Å². The monoisotopic (exact) mass is 515 g/mol. The summed E-state index contributed by atoms with van der Waals surface area (Å²) in [5, 5.41) is 18.7. The van der Waals surface area contributed by atoms with E-state index >= 15 is 0 Å². The molecule has 0 aliphatic rings. The van der Waals surface area contributed by atoms with Crippen molar-refractivity contribution in [3.05, 3.63) is 60.9 Å². The number of Topliss-reactive ketones (excluding diaryl/α,β-unsaturated/α-hetero) is 1. The number of aromatic nitrogens is 2. The number of fused-ring (bicyclic) bond motifs is 1. The van der Waals surface area contributed by atoms with E-state index in [4.69, 9.17) is 10.00 Å². The fourth-order valence-electron chi connectivity index (χ4n) is 4.33. The summed E-state index contributed by atoms with van der Waals surface area (Å²) in [5.74, 6) is -2.29. The summed E-state index contributed by atoms with van der Waals surface area (Å²) in [7, 11) is 1.43. The number of nitrogens with zero attached hydrogens (tertiary/aromatic N) is 3. The molecule has 0 radical (unpaired) electrons. The van der Waals surface area contributed by atoms with Crippen molar-refractivity contribution in [3.63, 3.8) is 0 Å². The number of ketones is 1. The van der Waals surface area contributed by atoms with Crippen molar-refractivity contribution >= 4 is 33.3 Å². The second-order valence-electron chi connectivity index (χ2n) is 8.51. The van der Waals surface area contributed by atoms with Crippen molar-refractivity contribution in [1.82, 2.24) is 9.13 Å². The van der Waals surface area contributed by atoms with Crippen molar-refractivity contribution < 1.29 is 23.8 Å². The number of hydrogen-bond donors (Lipinski definition) is 1. The average molecular weight is 516 g/mol. The molecule has 0 aliphatic heterocycles. The van der Waals surface area contributed by atoms with Crippen LogP contribution >= 0.6 is 11.3 Å². The van der Waals surface area contributed by atoms with Gasteiger partial charge in [-0.3, -0.25) is 14.2 Å². The minimum Gasteiger partial charge on any atom is -0.496 e. The number of carbonyl (C=O) groups excluding carboxylic acids is 1. The summed E-state index contributed by atoms with van der Waals surface area (Å²) in [6.07, 6.45) is 1.07. The van der Waals surface area contributed by atoms with Crippen LogP contribution in [0.4, 0.5) is 4.39 Å². The first-order valence-corrected chi connectivity index (χ1v) is 12.1. The zero-order valence-corrected chi connectivity index (χ0v) is 21.1. The second-order valence-corrected chi connectivity index (χ2v) is 9.51. The van der Waals surface area contributed by atoms with Crippen molar-refractivity contribution in [2.24, 2.45) is 0 Å². The highest BCUT2D eigenvalue weighted by molar-refractivity contribution is 7.20. The number of rotatable bonds is 10. The molecule has 1 aromatic carbocycles. The average Bonchev–Trinajstić information content (AvgIpc) is 3.18. The van der Waals surface area contributed by atoms with Crippen LogP contribution in [0.1, 0.15) is 65.9 Å². The maximum atomic E-state index is 14.2. The van der Waals surface area contributed by atoms with Crippen LogP contribution in [0.2, 0.25) is 0 Å². The molecular weight excluding hydrogens is 489 g/mol. The topological polar surface area (TPSA) is 131 Å². The van der Waals surface area contributed by atoms with Gasteiger partial charge in [-0.25, -0.2) is 18.5 Å². The third kappa shape index (κ3) is 4.95. The zero-order chi connectivity index (χ0) is 26.7. The molecule has 0 aliphatic carbocycles. The molecule has 1 N–H and O–H groups in total. The number of ether oxygens (including phenoxy) is 1. The Balaban J connectivity index is 2.34. The summed E-state index contributed by atoms with van der Waals surface area (Å²) >= 11 is 0.989. The fourth-order valence-corrected chi connectivity index (χ4v) is 5.53. The van der Waals surface area contributed by atoms with Crippen molar-refractivity contribution in [2.75, 3.05) is 7.11 Å². The lowest BCUT2D eigenvalue weighted by atomic mass is 9.92. The van der Waals surface area contributed by atoms with Crippen LogP contribution in [-0.2, 0) is 11.3 Å². The smallest absolute Gasteiger partial charge is 0.332 e. The molecule has 190 valence electrons. The van der Waals surface area contributed by atoms with E-state index in [-0.39, 0.29) is 29.0 Å². The number of aryl methyl sites for hydroxylation is 1. The number of aliphatic carboxylic acids is 1. The van der Waals surface area contributed by atoms with Crippen LogP contribution in [0, 0.1) is 24.1 Å². The number of carboxylic acid groups (broad SMARTS) is 1. The number of unbranched alkanes of at least 4 members (excludes halogenated alkanes) is 1. The highest BCUT2D eigenvalue weighted by atomic mass is 32.1. The predicted molar refractivity (Wildman–Crippen MR) is 133 cm³/mol. The van der Waals surface area contributed by atoms with Crippen LogP contribution in [0.5, 0.6) is 5.75 Å². The Morgan fingerprint density at radius 3 is 2.58 bits per heavy atom. The van der Waals surface area contributed by atoms with Crippen molar-refractivity contribution in [1.29, 1.82) is 5.26 Å². The van der Waals surface area contributed by atoms with E-state index in [9.17, 15) is 28.7 Å². The van der Waals surface area contributed by atoms with Gasteiger partial charge in [-0.2, -0.15) is 5.26 Å². The number of nitriles is 1. The summed E-state index contributed by atoms with van der Waals surface area (Å²) in [6.45, 7) is 4.11. The highest BCUT2D eigenvalue weighted by Crippen LogP contribution is 2.34. The summed E-state index contributed by atoms with van der Waals surface area (Å²) in [5.41, 5.74) is -0.789. The van der Waals surface area contributed by atoms with Gasteiger partial charge in [0.2, 0.25) is 0 Å². The number of methoxy groups -OCH3 is 1. The molecule has 11 heteroatoms. The Labute approximate surface area is 210 Å². The first kappa shape index (κ1) is 26.8. The van der Waals surface area contributed by atoms with Gasteiger partial charge in [0.1, 0.15) is 22.4 Å². The van der Waals surface area contributed by atoms with E-state index in [1.807, 2.05) is 0 Å². The molecule has 1 unspecified atom stereocenters. The molecule has 0 saturated heterocycles. The van der Waals surface area contributed by atoms with Gasteiger partial charge < -0.3 is 9.84 Å². The van der Waals surface area contributed by atoms with Gasteiger partial charge in [-0.15, -0.1) is 11.3 Å². The number of thiophene rings is 1. The molecule has 9 nitrogen and oxygen atoms in total. The fraction of sp³-hybridized carbons (Fsp3) is 0.400. The molecule has 2 aromatic heterocycles. The Bertz CT molecular complexity index is 1500. The van der Waals surface area contributed by atoms with E-state index in [1.54, 1.807) is 6.92 Å². The Morgan fingerprint density at radius 1 is 1.31 bits per heavy atom. The molecule has 0 amide bonds. The second kappa shape index (κ2) is 10.9. The molecular formula is C25H26FN3O6S. The lowest BCUT2D eigenvalue weighted by molar-refractivity contribution is -0.140. The van der Waals surface area contributed by atoms with Gasteiger partial charge in [-0.05, 0) is 57.4 Å². The van der Waals surface area contributed by atoms with Gasteiger partial charge in [0, 0.05) is 24.4 Å². The minimum absolute atomic E-state index is 0.0511. The quantitative estimate of drug-likeness (QED) is 0.319. The first-order chi connectivity index (χ1) is 17.0. The normalized spacial score (nSPS) is 12.8. The molecule has 0 saturated carbocycles. The summed E-state index contributed by atoms with van der Waals surface area (Å²) < 4.78 is 21.6. The summed E-state index contributed by atoms with van der Waals surface area (Å²) in [4.78, 5) is 51.4. The number of carboxylic acids is 1. The van der Waals surface area contributed by atoms with Crippen LogP contribution in [0.25, 0.3) is 10.2 Å². The number of hydrogen-bond acceptors (Lipinski definition) is 7. The third-order valence-electron chi connectivity index (χ3n) is 6.18. The van der Waals surface area contributed by atoms with E-state index in [1.165, 1.54) is 43.7 Å². The molecule has 0 bridgehead atoms. The Morgan fingerprint density at radius 2 is 2.00 bits per heavy atom. The Hall–Kier alpha value is -3.78. The minimum atomic E-state index is -1.46. The van der Waals surface area contributed by atoms with Crippen LogP contribution in [-0.4, -0.2) is 33.1 Å². The maximum Gasteiger partial charge on any atom is 0.332 e. The van der Waals surface area contributed by atoms with Gasteiger partial charge in [0.15, 0.2) is 5.78 Å². The molecule has 0 spiro atoms. The van der Waals surface area contributed by atoms with Crippen molar-refractivity contribution in [2.45, 2.75) is 58.5 Å². The highest BCUT2D eigenvalue weighted by Gasteiger charge is 2.28. The third-order valence-corrected chi connectivity index (χ3v) is 7.60. The first-order valence-electron chi connectivity index (χ1n) is 11.3. The molecule has 3 rings (SSSR count). The van der Waals surface area contributed by atoms with Crippen LogP contribution < -0.4 is 16.0 Å². The molecule has 3 aromatic rings. The SMILES string of the molecule is COc1ccc(F)cc1[C@@H](CCCC#N)Cn1c(=O)n(C(C)C(=O)O)c(=O)c2c(C)c(C(C)=O)sc21. The van der Waals surface area contributed by atoms with E-state index in [0.717, 1.165) is 11.3 Å². The Kier molecular flexibility index (Phi) is 8.10. The van der Waals surface area contributed by atoms with E-state index < -0.39 is 35.0 Å². The lowest BCUT2D eigenvalue weighted by Crippen LogP contribution is -2.44. The van der Waals surface area contributed by atoms with Crippen molar-refractivity contribution in [3.8, 4) is 11.8 Å². The van der Waals surface area contributed by atoms with E-state index in [0.29, 0.717) is 39.2 Å². The molecule has 2 heterocycles. The number of halogens is 1. The van der Waals surface area contributed by atoms with E-state index in [2.05, 4.69) is 6.07 Å². The van der Waals surface area contributed by atoms with Gasteiger partial charge in [-0.1, -0.05) is 0 Å². The standard InChI is InChI=1S/C25H26FN3O6S/c1-13-20-22(31)29(14(2)24(32)33)25(34)28(23(20)36-21(13)15(3)30)12-16(7-5-6-10-27)18-11-17(26)8-9-19(18)35-4/h8-9,11,14,16H,5-7,12H2,1-4H3,(H,32,33)/t14?,16-/m0/s1. The van der Waals surface area contributed by atoms with Gasteiger partial charge in [0.25, 0.3) is 5.56 Å². The largest absolute Gasteiger partial charge is 0.496 e.